The van der Waals surface area contributed by atoms with E-state index in [0.29, 0.717) is 0 Å². The van der Waals surface area contributed by atoms with Crippen molar-refractivity contribution in [1.82, 2.24) is 4.90 Å². The molecule has 0 spiro atoms. The molecule has 0 bridgehead atoms. The first-order valence-electron chi connectivity index (χ1n) is 6.76. The topological polar surface area (TPSA) is 3.24 Å². The summed E-state index contributed by atoms with van der Waals surface area (Å²) in [6, 6.07) is 8.74. The van der Waals surface area contributed by atoms with Gasteiger partial charge >= 0.3 is 0 Å². The Hall–Kier alpha value is -1.12. The Morgan fingerprint density at radius 1 is 1.28 bits per heavy atom. The zero-order valence-corrected chi connectivity index (χ0v) is 11.7. The van der Waals surface area contributed by atoms with Crippen LogP contribution < -0.4 is 0 Å². The lowest BCUT2D eigenvalue weighted by Crippen LogP contribution is -2.29. The monoisotopic (exact) mass is 257 g/mol. The van der Waals surface area contributed by atoms with Crippen LogP contribution in [0.4, 0.5) is 0 Å². The van der Waals surface area contributed by atoms with Gasteiger partial charge in [-0.1, -0.05) is 31.2 Å². The lowest BCUT2D eigenvalue weighted by molar-refractivity contribution is 0.302. The van der Waals surface area contributed by atoms with Crippen LogP contribution in [0.1, 0.15) is 25.3 Å². The second kappa shape index (κ2) is 5.25. The number of hydrogen-bond acceptors (Lipinski definition) is 2. The van der Waals surface area contributed by atoms with Gasteiger partial charge in [0.2, 0.25) is 0 Å². The molecule has 1 aromatic heterocycles. The molecule has 0 saturated carbocycles. The first kappa shape index (κ1) is 11.9. The fraction of sp³-hybridized carbons (Fsp3) is 0.375. The molecule has 1 nitrogen and oxygen atoms in total. The number of benzene rings is 1. The number of hydrogen-bond donors (Lipinski definition) is 0. The van der Waals surface area contributed by atoms with Crippen LogP contribution >= 0.6 is 11.3 Å². The van der Waals surface area contributed by atoms with Crippen molar-refractivity contribution in [2.75, 3.05) is 19.6 Å². The van der Waals surface area contributed by atoms with Crippen molar-refractivity contribution in [1.29, 1.82) is 0 Å². The van der Waals surface area contributed by atoms with Gasteiger partial charge in [-0.05, 0) is 47.4 Å². The molecule has 3 rings (SSSR count). The Labute approximate surface area is 113 Å². The fourth-order valence-corrected chi connectivity index (χ4v) is 3.69. The third kappa shape index (κ3) is 2.23. The summed E-state index contributed by atoms with van der Waals surface area (Å²) in [5.74, 6) is 0. The van der Waals surface area contributed by atoms with Gasteiger partial charge in [0.05, 0.1) is 0 Å². The first-order chi connectivity index (χ1) is 8.88. The average molecular weight is 257 g/mol. The molecular weight excluding hydrogens is 238 g/mol. The highest BCUT2D eigenvalue weighted by molar-refractivity contribution is 7.17. The van der Waals surface area contributed by atoms with E-state index in [4.69, 9.17) is 0 Å². The molecule has 0 radical (unpaired) electrons. The van der Waals surface area contributed by atoms with Crippen LogP contribution in [-0.2, 0) is 0 Å². The maximum absolute atomic E-state index is 2.54. The van der Waals surface area contributed by atoms with E-state index in [0.717, 1.165) is 6.54 Å². The second-order valence-corrected chi connectivity index (χ2v) is 5.84. The van der Waals surface area contributed by atoms with Gasteiger partial charge < -0.3 is 0 Å². The summed E-state index contributed by atoms with van der Waals surface area (Å²) in [7, 11) is 0. The predicted molar refractivity (Wildman–Crippen MR) is 81.2 cm³/mol. The highest BCUT2D eigenvalue weighted by atomic mass is 32.1. The molecule has 0 unspecified atom stereocenters. The minimum atomic E-state index is 1.12. The van der Waals surface area contributed by atoms with Gasteiger partial charge in [-0.25, -0.2) is 0 Å². The Balaban J connectivity index is 1.87. The quantitative estimate of drug-likeness (QED) is 0.787. The summed E-state index contributed by atoms with van der Waals surface area (Å²) >= 11 is 1.86. The van der Waals surface area contributed by atoms with Gasteiger partial charge in [0.25, 0.3) is 0 Å². The third-order valence-electron chi connectivity index (χ3n) is 3.66. The molecule has 2 aromatic rings. The Bertz CT molecular complexity index is 567. The van der Waals surface area contributed by atoms with Crippen molar-refractivity contribution in [2.24, 2.45) is 0 Å². The summed E-state index contributed by atoms with van der Waals surface area (Å²) < 4.78 is 1.41. The second-order valence-electron chi connectivity index (χ2n) is 4.93. The predicted octanol–water partition coefficient (Wildman–Crippen LogP) is 4.40. The van der Waals surface area contributed by atoms with E-state index < -0.39 is 0 Å². The van der Waals surface area contributed by atoms with Crippen LogP contribution in [0.2, 0.25) is 0 Å². The Kier molecular flexibility index (Phi) is 3.48. The SMILES string of the molecule is CCCN1CC=C(c2csc3ccccc23)CC1. The molecule has 18 heavy (non-hydrogen) atoms. The van der Waals surface area contributed by atoms with Crippen molar-refractivity contribution < 1.29 is 0 Å². The molecule has 1 aliphatic heterocycles. The van der Waals surface area contributed by atoms with Crippen molar-refractivity contribution in [3.8, 4) is 0 Å². The Morgan fingerprint density at radius 3 is 2.94 bits per heavy atom. The summed E-state index contributed by atoms with van der Waals surface area (Å²) in [5, 5.41) is 3.75. The van der Waals surface area contributed by atoms with Crippen LogP contribution in [0, 0.1) is 0 Å². The van der Waals surface area contributed by atoms with E-state index in [-0.39, 0.29) is 0 Å². The highest BCUT2D eigenvalue weighted by Crippen LogP contribution is 2.33. The first-order valence-corrected chi connectivity index (χ1v) is 7.64. The van der Waals surface area contributed by atoms with Crippen LogP contribution in [0.15, 0.2) is 35.7 Å². The van der Waals surface area contributed by atoms with E-state index >= 15 is 0 Å². The molecule has 0 atom stereocenters. The van der Waals surface area contributed by atoms with Gasteiger partial charge in [-0.15, -0.1) is 11.3 Å². The third-order valence-corrected chi connectivity index (χ3v) is 4.62. The van der Waals surface area contributed by atoms with Gasteiger partial charge in [0.1, 0.15) is 0 Å². The molecular formula is C16H19NS. The van der Waals surface area contributed by atoms with E-state index in [2.05, 4.69) is 47.5 Å². The molecule has 0 amide bonds. The van der Waals surface area contributed by atoms with E-state index in [1.165, 1.54) is 41.6 Å². The van der Waals surface area contributed by atoms with E-state index in [1.54, 1.807) is 5.57 Å². The van der Waals surface area contributed by atoms with Crippen LogP contribution in [-0.4, -0.2) is 24.5 Å². The molecule has 0 saturated heterocycles. The molecule has 0 fully saturated rings. The molecule has 2 heterocycles. The number of thiophene rings is 1. The highest BCUT2D eigenvalue weighted by Gasteiger charge is 2.14. The largest absolute Gasteiger partial charge is 0.299 e. The van der Waals surface area contributed by atoms with E-state index in [1.807, 2.05) is 11.3 Å². The molecule has 94 valence electrons. The number of rotatable bonds is 3. The maximum atomic E-state index is 2.54. The van der Waals surface area contributed by atoms with Crippen LogP contribution in [0.5, 0.6) is 0 Å². The normalized spacial score (nSPS) is 17.1. The van der Waals surface area contributed by atoms with Crippen LogP contribution in [0.25, 0.3) is 15.7 Å². The summed E-state index contributed by atoms with van der Waals surface area (Å²) in [5.41, 5.74) is 3.01. The fourth-order valence-electron chi connectivity index (χ4n) is 2.70. The number of nitrogens with zero attached hydrogens (tertiary/aromatic N) is 1. The zero-order chi connectivity index (χ0) is 12.4. The van der Waals surface area contributed by atoms with Crippen LogP contribution in [0.3, 0.4) is 0 Å². The smallest absolute Gasteiger partial charge is 0.0349 e. The summed E-state index contributed by atoms with van der Waals surface area (Å²) in [6.07, 6.45) is 4.87. The average Bonchev–Trinajstić information content (AvgIpc) is 2.84. The summed E-state index contributed by atoms with van der Waals surface area (Å²) in [6.45, 7) is 5.82. The lowest BCUT2D eigenvalue weighted by Gasteiger charge is -2.25. The van der Waals surface area contributed by atoms with Crippen molar-refractivity contribution >= 4 is 27.0 Å². The molecule has 0 aliphatic carbocycles. The zero-order valence-electron chi connectivity index (χ0n) is 10.9. The van der Waals surface area contributed by atoms with E-state index in [9.17, 15) is 0 Å². The standard InChI is InChI=1S/C16H19NS/c1-2-9-17-10-7-13(8-11-17)15-12-18-16-6-4-3-5-14(15)16/h3-7,12H,2,8-11H2,1H3. The molecule has 1 aromatic carbocycles. The lowest BCUT2D eigenvalue weighted by atomic mass is 9.99. The van der Waals surface area contributed by atoms with Crippen molar-refractivity contribution in [3.05, 3.63) is 41.3 Å². The van der Waals surface area contributed by atoms with Gasteiger partial charge in [-0.2, -0.15) is 0 Å². The van der Waals surface area contributed by atoms with Gasteiger partial charge in [0.15, 0.2) is 0 Å². The number of fused-ring (bicyclic) bond motifs is 1. The molecule has 0 N–H and O–H groups in total. The molecule has 1 aliphatic rings. The van der Waals surface area contributed by atoms with Crippen molar-refractivity contribution in [3.63, 3.8) is 0 Å². The molecule has 2 heteroatoms. The van der Waals surface area contributed by atoms with Gasteiger partial charge in [-0.3, -0.25) is 4.90 Å². The Morgan fingerprint density at radius 2 is 2.17 bits per heavy atom. The minimum absolute atomic E-state index is 1.12. The van der Waals surface area contributed by atoms with Gasteiger partial charge in [0, 0.05) is 17.8 Å². The van der Waals surface area contributed by atoms with Crippen molar-refractivity contribution in [2.45, 2.75) is 19.8 Å². The summed E-state index contributed by atoms with van der Waals surface area (Å²) in [4.78, 5) is 2.54. The maximum Gasteiger partial charge on any atom is 0.0349 e. The minimum Gasteiger partial charge on any atom is -0.299 e.